The van der Waals surface area contributed by atoms with E-state index in [4.69, 9.17) is 0 Å². The quantitative estimate of drug-likeness (QED) is 0.876. The molecule has 1 aromatic rings. The highest BCUT2D eigenvalue weighted by Gasteiger charge is 2.32. The van der Waals surface area contributed by atoms with E-state index in [-0.39, 0.29) is 12.2 Å². The fourth-order valence-corrected chi connectivity index (χ4v) is 3.33. The van der Waals surface area contributed by atoms with Gasteiger partial charge in [0.05, 0.1) is 16.2 Å². The van der Waals surface area contributed by atoms with Crippen molar-refractivity contribution in [1.82, 2.24) is 0 Å². The summed E-state index contributed by atoms with van der Waals surface area (Å²) in [6.45, 7) is 0.156. The summed E-state index contributed by atoms with van der Waals surface area (Å²) in [6, 6.07) is 5.52. The molecule has 1 saturated carbocycles. The molecule has 7 heteroatoms. The maximum absolute atomic E-state index is 12.6. The van der Waals surface area contributed by atoms with Gasteiger partial charge in [-0.15, -0.1) is 0 Å². The molecule has 0 saturated heterocycles. The number of anilines is 1. The number of para-hydroxylation sites is 1. The summed E-state index contributed by atoms with van der Waals surface area (Å²) in [5.74, 6) is -3.46. The molecule has 0 bridgehead atoms. The summed E-state index contributed by atoms with van der Waals surface area (Å²) in [7, 11) is -4.65. The van der Waals surface area contributed by atoms with E-state index in [9.17, 15) is 22.3 Å². The number of aliphatic hydroxyl groups is 1. The molecule has 0 spiro atoms. The van der Waals surface area contributed by atoms with E-state index in [0.717, 1.165) is 18.9 Å². The lowest BCUT2D eigenvalue weighted by atomic mass is 10.0. The Morgan fingerprint density at radius 3 is 2.45 bits per heavy atom. The Morgan fingerprint density at radius 1 is 1.25 bits per heavy atom. The van der Waals surface area contributed by atoms with Gasteiger partial charge in [0, 0.05) is 6.54 Å². The van der Waals surface area contributed by atoms with Crippen LogP contribution in [0.3, 0.4) is 0 Å². The van der Waals surface area contributed by atoms with Crippen molar-refractivity contribution in [3.8, 4) is 0 Å². The Balaban J connectivity index is 2.21. The maximum atomic E-state index is 12.6. The third-order valence-corrected chi connectivity index (χ3v) is 5.01. The zero-order chi connectivity index (χ0) is 14.8. The van der Waals surface area contributed by atoms with Crippen molar-refractivity contribution in [2.45, 2.75) is 41.9 Å². The number of benzene rings is 1. The SMILES string of the molecule is O=S(=O)(c1ccccc1NCC1(O)CCCC1)C(F)F. The third kappa shape index (κ3) is 3.09. The van der Waals surface area contributed by atoms with Gasteiger partial charge in [-0.2, -0.15) is 8.78 Å². The molecule has 0 aliphatic heterocycles. The number of sulfone groups is 1. The zero-order valence-electron chi connectivity index (χ0n) is 10.9. The number of halogens is 2. The molecule has 1 aliphatic rings. The minimum atomic E-state index is -4.65. The Hall–Kier alpha value is -1.21. The molecule has 1 fully saturated rings. The highest BCUT2D eigenvalue weighted by atomic mass is 32.2. The van der Waals surface area contributed by atoms with E-state index in [0.29, 0.717) is 12.8 Å². The van der Waals surface area contributed by atoms with E-state index < -0.39 is 26.1 Å². The van der Waals surface area contributed by atoms with Crippen LogP contribution in [0, 0.1) is 0 Å². The van der Waals surface area contributed by atoms with Crippen LogP contribution >= 0.6 is 0 Å². The molecule has 0 amide bonds. The molecule has 0 heterocycles. The van der Waals surface area contributed by atoms with Crippen LogP contribution in [0.5, 0.6) is 0 Å². The van der Waals surface area contributed by atoms with Gasteiger partial charge in [0.25, 0.3) is 0 Å². The summed E-state index contributed by atoms with van der Waals surface area (Å²) in [4.78, 5) is -0.434. The van der Waals surface area contributed by atoms with Gasteiger partial charge in [-0.05, 0) is 25.0 Å². The molecule has 1 aromatic carbocycles. The second-order valence-corrected chi connectivity index (χ2v) is 6.97. The van der Waals surface area contributed by atoms with Crippen molar-refractivity contribution in [2.24, 2.45) is 0 Å². The van der Waals surface area contributed by atoms with Gasteiger partial charge in [0.2, 0.25) is 9.84 Å². The minimum absolute atomic E-state index is 0.105. The second-order valence-electron chi connectivity index (χ2n) is 5.09. The molecule has 0 atom stereocenters. The zero-order valence-corrected chi connectivity index (χ0v) is 11.7. The Morgan fingerprint density at radius 2 is 1.85 bits per heavy atom. The van der Waals surface area contributed by atoms with Crippen LogP contribution in [-0.2, 0) is 9.84 Å². The van der Waals surface area contributed by atoms with Crippen molar-refractivity contribution in [2.75, 3.05) is 11.9 Å². The summed E-state index contributed by atoms with van der Waals surface area (Å²) >= 11 is 0. The number of hydrogen-bond acceptors (Lipinski definition) is 4. The fourth-order valence-electron chi connectivity index (χ4n) is 2.43. The van der Waals surface area contributed by atoms with E-state index in [1.165, 1.54) is 12.1 Å². The van der Waals surface area contributed by atoms with E-state index in [1.54, 1.807) is 6.07 Å². The molecule has 0 aromatic heterocycles. The molecule has 2 rings (SSSR count). The van der Waals surface area contributed by atoms with Crippen molar-refractivity contribution < 1.29 is 22.3 Å². The molecule has 4 nitrogen and oxygen atoms in total. The summed E-state index contributed by atoms with van der Waals surface area (Å²) in [5, 5.41) is 13.0. The van der Waals surface area contributed by atoms with E-state index >= 15 is 0 Å². The van der Waals surface area contributed by atoms with Gasteiger partial charge in [-0.1, -0.05) is 25.0 Å². The molecular formula is C13H17F2NO3S. The fraction of sp³-hybridized carbons (Fsp3) is 0.538. The average Bonchev–Trinajstić information content (AvgIpc) is 2.84. The molecule has 112 valence electrons. The second kappa shape index (κ2) is 5.65. The first-order chi connectivity index (χ1) is 9.35. The summed E-state index contributed by atoms with van der Waals surface area (Å²) in [5.41, 5.74) is -0.782. The summed E-state index contributed by atoms with van der Waals surface area (Å²) in [6.07, 6.45) is 3.08. The van der Waals surface area contributed by atoms with Gasteiger partial charge >= 0.3 is 5.76 Å². The Kier molecular flexibility index (Phi) is 4.29. The van der Waals surface area contributed by atoms with Crippen LogP contribution in [-0.4, -0.2) is 31.4 Å². The number of nitrogens with one attached hydrogen (secondary N) is 1. The number of alkyl halides is 2. The first kappa shape index (κ1) is 15.2. The lowest BCUT2D eigenvalue weighted by Gasteiger charge is -2.23. The normalized spacial score (nSPS) is 18.4. The monoisotopic (exact) mass is 305 g/mol. The van der Waals surface area contributed by atoms with Crippen molar-refractivity contribution >= 4 is 15.5 Å². The average molecular weight is 305 g/mol. The lowest BCUT2D eigenvalue weighted by molar-refractivity contribution is 0.0614. The maximum Gasteiger partial charge on any atom is 0.341 e. The predicted octanol–water partition coefficient (Wildman–Crippen LogP) is 2.40. The lowest BCUT2D eigenvalue weighted by Crippen LogP contribution is -2.33. The molecule has 1 aliphatic carbocycles. The first-order valence-corrected chi connectivity index (χ1v) is 7.97. The van der Waals surface area contributed by atoms with Gasteiger partial charge < -0.3 is 10.4 Å². The molecule has 20 heavy (non-hydrogen) atoms. The minimum Gasteiger partial charge on any atom is -0.388 e. The predicted molar refractivity (Wildman–Crippen MR) is 71.5 cm³/mol. The van der Waals surface area contributed by atoms with Crippen LogP contribution < -0.4 is 5.32 Å². The van der Waals surface area contributed by atoms with Crippen LogP contribution in [0.1, 0.15) is 25.7 Å². The van der Waals surface area contributed by atoms with Crippen LogP contribution in [0.4, 0.5) is 14.5 Å². The van der Waals surface area contributed by atoms with Gasteiger partial charge in [-0.25, -0.2) is 8.42 Å². The standard InChI is InChI=1S/C13H17F2NO3S/c14-12(15)20(18,19)11-6-2-1-5-10(11)16-9-13(17)7-3-4-8-13/h1-2,5-6,12,16-17H,3-4,7-9H2. The highest BCUT2D eigenvalue weighted by Crippen LogP contribution is 2.31. The largest absolute Gasteiger partial charge is 0.388 e. The van der Waals surface area contributed by atoms with Crippen molar-refractivity contribution in [1.29, 1.82) is 0 Å². The molecule has 0 radical (unpaired) electrons. The van der Waals surface area contributed by atoms with Gasteiger partial charge in [-0.3, -0.25) is 0 Å². The summed E-state index contributed by atoms with van der Waals surface area (Å²) < 4.78 is 48.4. The molecule has 0 unspecified atom stereocenters. The number of rotatable bonds is 5. The van der Waals surface area contributed by atoms with E-state index in [1.807, 2.05) is 0 Å². The smallest absolute Gasteiger partial charge is 0.341 e. The van der Waals surface area contributed by atoms with Crippen LogP contribution in [0.25, 0.3) is 0 Å². The van der Waals surface area contributed by atoms with Gasteiger partial charge in [0.15, 0.2) is 0 Å². The Bertz CT molecular complexity index is 569. The molecular weight excluding hydrogens is 288 g/mol. The Labute approximate surface area is 116 Å². The third-order valence-electron chi connectivity index (χ3n) is 3.57. The first-order valence-electron chi connectivity index (χ1n) is 6.42. The van der Waals surface area contributed by atoms with E-state index in [2.05, 4.69) is 5.32 Å². The van der Waals surface area contributed by atoms with Crippen LogP contribution in [0.2, 0.25) is 0 Å². The van der Waals surface area contributed by atoms with Crippen LogP contribution in [0.15, 0.2) is 29.2 Å². The highest BCUT2D eigenvalue weighted by molar-refractivity contribution is 7.91. The van der Waals surface area contributed by atoms with Crippen molar-refractivity contribution in [3.05, 3.63) is 24.3 Å². The number of hydrogen-bond donors (Lipinski definition) is 2. The topological polar surface area (TPSA) is 66.4 Å². The molecule has 2 N–H and O–H groups in total. The van der Waals surface area contributed by atoms with Gasteiger partial charge in [0.1, 0.15) is 0 Å². The van der Waals surface area contributed by atoms with Crippen molar-refractivity contribution in [3.63, 3.8) is 0 Å².